The second kappa shape index (κ2) is 5.39. The number of aryl methyl sites for hydroxylation is 1. The molecule has 0 unspecified atom stereocenters. The first-order chi connectivity index (χ1) is 9.11. The van der Waals surface area contributed by atoms with E-state index in [9.17, 15) is 4.79 Å². The van der Waals surface area contributed by atoms with E-state index in [1.807, 2.05) is 19.1 Å². The Morgan fingerprint density at radius 1 is 1.37 bits per heavy atom. The molecule has 0 spiro atoms. The summed E-state index contributed by atoms with van der Waals surface area (Å²) in [6.45, 7) is 1.93. The average molecular weight is 257 g/mol. The minimum Gasteiger partial charge on any atom is -0.495 e. The van der Waals surface area contributed by atoms with Crippen molar-refractivity contribution in [3.63, 3.8) is 0 Å². The van der Waals surface area contributed by atoms with E-state index in [1.54, 1.807) is 25.3 Å². The zero-order valence-corrected chi connectivity index (χ0v) is 10.8. The third-order valence-electron chi connectivity index (χ3n) is 2.66. The number of hydrogen-bond acceptors (Lipinski definition) is 4. The van der Waals surface area contributed by atoms with Gasteiger partial charge in [0, 0.05) is 6.20 Å². The zero-order chi connectivity index (χ0) is 13.8. The third kappa shape index (κ3) is 2.82. The van der Waals surface area contributed by atoms with Crippen molar-refractivity contribution in [3.05, 3.63) is 47.8 Å². The lowest BCUT2D eigenvalue weighted by atomic mass is 10.2. The number of nitrogens with zero attached hydrogens (tertiary/aromatic N) is 1. The van der Waals surface area contributed by atoms with Crippen LogP contribution in [0.5, 0.6) is 5.75 Å². The number of aromatic nitrogens is 1. The zero-order valence-electron chi connectivity index (χ0n) is 10.8. The van der Waals surface area contributed by atoms with Crippen LogP contribution < -0.4 is 15.8 Å². The predicted octanol–water partition coefficient (Wildman–Crippen LogP) is 2.23. The molecule has 0 aliphatic heterocycles. The van der Waals surface area contributed by atoms with Crippen LogP contribution in [0.1, 0.15) is 16.1 Å². The standard InChI is InChI=1S/C14H15N3O2/c1-9-5-6-12(19-2)11(8-9)17-14(18)13-10(15)4-3-7-16-13/h3-8H,15H2,1-2H3,(H,17,18). The van der Waals surface area contributed by atoms with Crippen molar-refractivity contribution >= 4 is 17.3 Å². The lowest BCUT2D eigenvalue weighted by molar-refractivity contribution is 0.102. The molecule has 0 radical (unpaired) electrons. The Kier molecular flexibility index (Phi) is 3.66. The Labute approximate surface area is 111 Å². The van der Waals surface area contributed by atoms with Crippen LogP contribution in [-0.4, -0.2) is 18.0 Å². The van der Waals surface area contributed by atoms with Gasteiger partial charge in [-0.3, -0.25) is 4.79 Å². The smallest absolute Gasteiger partial charge is 0.276 e. The van der Waals surface area contributed by atoms with Gasteiger partial charge >= 0.3 is 0 Å². The summed E-state index contributed by atoms with van der Waals surface area (Å²) in [6.07, 6.45) is 1.53. The van der Waals surface area contributed by atoms with Gasteiger partial charge in [0.2, 0.25) is 0 Å². The molecule has 1 aromatic carbocycles. The van der Waals surface area contributed by atoms with E-state index in [2.05, 4.69) is 10.3 Å². The summed E-state index contributed by atoms with van der Waals surface area (Å²) in [4.78, 5) is 16.1. The summed E-state index contributed by atoms with van der Waals surface area (Å²) in [5.74, 6) is 0.232. The molecule has 0 bridgehead atoms. The molecule has 19 heavy (non-hydrogen) atoms. The maximum atomic E-state index is 12.1. The summed E-state index contributed by atoms with van der Waals surface area (Å²) >= 11 is 0. The van der Waals surface area contributed by atoms with Gasteiger partial charge in [-0.1, -0.05) is 6.07 Å². The van der Waals surface area contributed by atoms with E-state index in [4.69, 9.17) is 10.5 Å². The van der Waals surface area contributed by atoms with Crippen molar-refractivity contribution in [2.45, 2.75) is 6.92 Å². The second-order valence-electron chi connectivity index (χ2n) is 4.10. The predicted molar refractivity (Wildman–Crippen MR) is 74.3 cm³/mol. The van der Waals surface area contributed by atoms with Gasteiger partial charge in [0.25, 0.3) is 5.91 Å². The highest BCUT2D eigenvalue weighted by Gasteiger charge is 2.13. The van der Waals surface area contributed by atoms with Crippen LogP contribution in [0, 0.1) is 6.92 Å². The van der Waals surface area contributed by atoms with E-state index in [0.29, 0.717) is 17.1 Å². The molecule has 98 valence electrons. The minimum absolute atomic E-state index is 0.200. The molecule has 2 rings (SSSR count). The van der Waals surface area contributed by atoms with Gasteiger partial charge in [0.1, 0.15) is 5.75 Å². The summed E-state index contributed by atoms with van der Waals surface area (Å²) in [7, 11) is 1.55. The largest absolute Gasteiger partial charge is 0.495 e. The highest BCUT2D eigenvalue weighted by atomic mass is 16.5. The van der Waals surface area contributed by atoms with Gasteiger partial charge < -0.3 is 15.8 Å². The van der Waals surface area contributed by atoms with Crippen molar-refractivity contribution in [2.75, 3.05) is 18.2 Å². The fourth-order valence-electron chi connectivity index (χ4n) is 1.71. The van der Waals surface area contributed by atoms with Crippen LogP contribution in [0.2, 0.25) is 0 Å². The fraction of sp³-hybridized carbons (Fsp3) is 0.143. The number of methoxy groups -OCH3 is 1. The molecule has 5 heteroatoms. The molecule has 1 aromatic heterocycles. The van der Waals surface area contributed by atoms with Crippen LogP contribution in [0.15, 0.2) is 36.5 Å². The van der Waals surface area contributed by atoms with Gasteiger partial charge in [-0.15, -0.1) is 0 Å². The van der Waals surface area contributed by atoms with Crippen LogP contribution in [-0.2, 0) is 0 Å². The number of nitrogens with two attached hydrogens (primary N) is 1. The van der Waals surface area contributed by atoms with Crippen LogP contribution in [0.4, 0.5) is 11.4 Å². The maximum Gasteiger partial charge on any atom is 0.276 e. The Hall–Kier alpha value is -2.56. The van der Waals surface area contributed by atoms with E-state index in [1.165, 1.54) is 6.20 Å². The number of amides is 1. The van der Waals surface area contributed by atoms with Gasteiger partial charge in [-0.05, 0) is 36.8 Å². The van der Waals surface area contributed by atoms with Crippen LogP contribution in [0.25, 0.3) is 0 Å². The Bertz CT molecular complexity index is 611. The normalized spacial score (nSPS) is 10.0. The molecule has 5 nitrogen and oxygen atoms in total. The highest BCUT2D eigenvalue weighted by Crippen LogP contribution is 2.25. The summed E-state index contributed by atoms with van der Waals surface area (Å²) < 4.78 is 5.20. The van der Waals surface area contributed by atoms with Gasteiger partial charge in [-0.25, -0.2) is 4.98 Å². The molecular formula is C14H15N3O2. The highest BCUT2D eigenvalue weighted by molar-refractivity contribution is 6.06. The summed E-state index contributed by atoms with van der Waals surface area (Å²) in [6, 6.07) is 8.85. The first-order valence-electron chi connectivity index (χ1n) is 5.78. The number of nitrogen functional groups attached to an aromatic ring is 1. The average Bonchev–Trinajstić information content (AvgIpc) is 2.39. The number of carbonyl (C=O) groups is 1. The molecule has 3 N–H and O–H groups in total. The van der Waals surface area contributed by atoms with E-state index in [0.717, 1.165) is 5.56 Å². The molecule has 0 saturated heterocycles. The molecule has 0 aliphatic carbocycles. The fourth-order valence-corrected chi connectivity index (χ4v) is 1.71. The number of pyridine rings is 1. The number of carbonyl (C=O) groups excluding carboxylic acids is 1. The molecular weight excluding hydrogens is 242 g/mol. The SMILES string of the molecule is COc1ccc(C)cc1NC(=O)c1ncccc1N. The number of nitrogens with one attached hydrogen (secondary N) is 1. The van der Waals surface area contributed by atoms with Crippen LogP contribution in [0.3, 0.4) is 0 Å². The summed E-state index contributed by atoms with van der Waals surface area (Å²) in [5.41, 5.74) is 7.87. The lowest BCUT2D eigenvalue weighted by Gasteiger charge is -2.11. The van der Waals surface area contributed by atoms with Crippen LogP contribution >= 0.6 is 0 Å². The quantitative estimate of drug-likeness (QED) is 0.884. The minimum atomic E-state index is -0.359. The number of hydrogen-bond donors (Lipinski definition) is 2. The summed E-state index contributed by atoms with van der Waals surface area (Å²) in [5, 5.41) is 2.75. The monoisotopic (exact) mass is 257 g/mol. The van der Waals surface area contributed by atoms with Crippen molar-refractivity contribution < 1.29 is 9.53 Å². The molecule has 1 amide bonds. The topological polar surface area (TPSA) is 77.2 Å². The second-order valence-corrected chi connectivity index (χ2v) is 4.10. The van der Waals surface area contributed by atoms with Crippen molar-refractivity contribution in [3.8, 4) is 5.75 Å². The molecule has 0 saturated carbocycles. The van der Waals surface area contributed by atoms with Crippen molar-refractivity contribution in [1.82, 2.24) is 4.98 Å². The van der Waals surface area contributed by atoms with E-state index < -0.39 is 0 Å². The Morgan fingerprint density at radius 3 is 2.84 bits per heavy atom. The van der Waals surface area contributed by atoms with E-state index >= 15 is 0 Å². The number of rotatable bonds is 3. The lowest BCUT2D eigenvalue weighted by Crippen LogP contribution is -2.16. The van der Waals surface area contributed by atoms with E-state index in [-0.39, 0.29) is 11.6 Å². The van der Waals surface area contributed by atoms with Crippen molar-refractivity contribution in [1.29, 1.82) is 0 Å². The van der Waals surface area contributed by atoms with Gasteiger partial charge in [0.05, 0.1) is 18.5 Å². The first kappa shape index (κ1) is 12.9. The third-order valence-corrected chi connectivity index (χ3v) is 2.66. The van der Waals surface area contributed by atoms with Gasteiger partial charge in [-0.2, -0.15) is 0 Å². The molecule has 0 atom stereocenters. The molecule has 2 aromatic rings. The molecule has 1 heterocycles. The number of anilines is 2. The maximum absolute atomic E-state index is 12.1. The Morgan fingerprint density at radius 2 is 2.16 bits per heavy atom. The Balaban J connectivity index is 2.29. The van der Waals surface area contributed by atoms with Gasteiger partial charge in [0.15, 0.2) is 5.69 Å². The first-order valence-corrected chi connectivity index (χ1v) is 5.78. The molecule has 0 fully saturated rings. The number of ether oxygens (including phenoxy) is 1. The number of benzene rings is 1. The molecule has 0 aliphatic rings. The van der Waals surface area contributed by atoms with Crippen molar-refractivity contribution in [2.24, 2.45) is 0 Å².